The number of aromatic nitrogens is 3. The van der Waals surface area contributed by atoms with Crippen LogP contribution in [0.1, 0.15) is 32.1 Å². The number of pyridine rings is 1. The zero-order valence-electron chi connectivity index (χ0n) is 11.2. The van der Waals surface area contributed by atoms with E-state index in [4.69, 9.17) is 0 Å². The Hall–Kier alpha value is -1.62. The molecule has 0 radical (unpaired) electrons. The maximum atomic E-state index is 10.2. The molecule has 5 heteroatoms. The van der Waals surface area contributed by atoms with E-state index in [1.165, 1.54) is 6.42 Å². The number of anilines is 1. The summed E-state index contributed by atoms with van der Waals surface area (Å²) in [7, 11) is 1.97. The molecule has 1 saturated carbocycles. The lowest BCUT2D eigenvalue weighted by atomic mass is 10.1. The Morgan fingerprint density at radius 1 is 1.26 bits per heavy atom. The molecule has 102 valence electrons. The van der Waals surface area contributed by atoms with Crippen molar-refractivity contribution in [1.82, 2.24) is 14.5 Å². The second kappa shape index (κ2) is 5.17. The summed E-state index contributed by atoms with van der Waals surface area (Å²) >= 11 is 0. The highest BCUT2D eigenvalue weighted by Gasteiger charge is 2.22. The van der Waals surface area contributed by atoms with E-state index in [1.54, 1.807) is 12.5 Å². The molecule has 2 heterocycles. The topological polar surface area (TPSA) is 63.0 Å². The fourth-order valence-corrected chi connectivity index (χ4v) is 2.80. The van der Waals surface area contributed by atoms with Gasteiger partial charge in [0.05, 0.1) is 24.0 Å². The van der Waals surface area contributed by atoms with Crippen LogP contribution in [0.15, 0.2) is 18.6 Å². The highest BCUT2D eigenvalue weighted by molar-refractivity contribution is 5.85. The lowest BCUT2D eigenvalue weighted by Crippen LogP contribution is -2.32. The molecule has 0 spiro atoms. The van der Waals surface area contributed by atoms with E-state index in [1.807, 2.05) is 17.7 Å². The molecule has 0 saturated heterocycles. The Labute approximate surface area is 112 Å². The number of aliphatic hydroxyl groups is 1. The van der Waals surface area contributed by atoms with Crippen LogP contribution in [0.5, 0.6) is 0 Å². The number of nitrogens with one attached hydrogen (secondary N) is 1. The number of rotatable bonds is 2. The molecule has 2 aromatic heterocycles. The van der Waals surface area contributed by atoms with Crippen LogP contribution >= 0.6 is 0 Å². The smallest absolute Gasteiger partial charge is 0.154 e. The maximum Gasteiger partial charge on any atom is 0.154 e. The Morgan fingerprint density at radius 3 is 3.00 bits per heavy atom. The molecular formula is C14H20N4O. The van der Waals surface area contributed by atoms with Crippen LogP contribution in [0.2, 0.25) is 0 Å². The number of hydrogen-bond acceptors (Lipinski definition) is 4. The number of nitrogens with zero attached hydrogens (tertiary/aromatic N) is 3. The van der Waals surface area contributed by atoms with E-state index in [2.05, 4.69) is 15.3 Å². The molecule has 1 fully saturated rings. The first-order valence-corrected chi connectivity index (χ1v) is 6.96. The van der Waals surface area contributed by atoms with Gasteiger partial charge in [0.15, 0.2) is 5.82 Å². The van der Waals surface area contributed by atoms with Crippen molar-refractivity contribution in [3.63, 3.8) is 0 Å². The normalized spacial score (nSPS) is 24.3. The number of hydrogen-bond donors (Lipinski definition) is 2. The molecule has 1 aliphatic rings. The van der Waals surface area contributed by atoms with Crippen molar-refractivity contribution in [3.05, 3.63) is 18.6 Å². The molecule has 3 rings (SSSR count). The second-order valence-corrected chi connectivity index (χ2v) is 5.34. The molecule has 2 unspecified atom stereocenters. The molecule has 2 atom stereocenters. The molecule has 0 bridgehead atoms. The zero-order valence-corrected chi connectivity index (χ0v) is 11.2. The number of aryl methyl sites for hydroxylation is 1. The van der Waals surface area contributed by atoms with Gasteiger partial charge in [0.2, 0.25) is 0 Å². The van der Waals surface area contributed by atoms with Gasteiger partial charge in [-0.25, -0.2) is 9.97 Å². The van der Waals surface area contributed by atoms with Crippen molar-refractivity contribution in [2.24, 2.45) is 7.05 Å². The quantitative estimate of drug-likeness (QED) is 0.811. The van der Waals surface area contributed by atoms with Crippen molar-refractivity contribution >= 4 is 16.9 Å². The van der Waals surface area contributed by atoms with Crippen LogP contribution in [-0.4, -0.2) is 31.8 Å². The van der Waals surface area contributed by atoms with Gasteiger partial charge in [0, 0.05) is 13.2 Å². The summed E-state index contributed by atoms with van der Waals surface area (Å²) in [5.74, 6) is 0.782. The summed E-state index contributed by atoms with van der Waals surface area (Å²) in [6.45, 7) is 0. The second-order valence-electron chi connectivity index (χ2n) is 5.34. The van der Waals surface area contributed by atoms with E-state index in [9.17, 15) is 5.11 Å². The lowest BCUT2D eigenvalue weighted by molar-refractivity contribution is 0.144. The largest absolute Gasteiger partial charge is 0.391 e. The fourth-order valence-electron chi connectivity index (χ4n) is 2.80. The van der Waals surface area contributed by atoms with Gasteiger partial charge in [-0.2, -0.15) is 0 Å². The highest BCUT2D eigenvalue weighted by atomic mass is 16.3. The van der Waals surface area contributed by atoms with Crippen LogP contribution in [0.3, 0.4) is 0 Å². The minimum Gasteiger partial charge on any atom is -0.391 e. The number of aliphatic hydroxyl groups excluding tert-OH is 1. The minimum atomic E-state index is -0.289. The standard InChI is InChI=1S/C14H20N4O/c1-18-9-16-13-11(18)7-8-15-14(13)17-10-5-3-2-4-6-12(10)19/h7-10,12,19H,2-6H2,1H3,(H,15,17). The predicted molar refractivity (Wildman–Crippen MR) is 75.0 cm³/mol. The molecule has 0 amide bonds. The monoisotopic (exact) mass is 260 g/mol. The molecule has 19 heavy (non-hydrogen) atoms. The van der Waals surface area contributed by atoms with E-state index in [0.717, 1.165) is 42.5 Å². The van der Waals surface area contributed by atoms with Crippen LogP contribution in [-0.2, 0) is 7.05 Å². The SMILES string of the molecule is Cn1cnc2c(NC3CCCCCC3O)nccc21. The predicted octanol–water partition coefficient (Wildman–Crippen LogP) is 2.07. The Balaban J connectivity index is 1.88. The summed E-state index contributed by atoms with van der Waals surface area (Å²) < 4.78 is 1.98. The van der Waals surface area contributed by atoms with E-state index < -0.39 is 0 Å². The Bertz CT molecular complexity index is 566. The van der Waals surface area contributed by atoms with Crippen molar-refractivity contribution in [2.45, 2.75) is 44.2 Å². The van der Waals surface area contributed by atoms with Crippen molar-refractivity contribution in [3.8, 4) is 0 Å². The first-order chi connectivity index (χ1) is 9.25. The summed E-state index contributed by atoms with van der Waals surface area (Å²) in [5.41, 5.74) is 1.93. The van der Waals surface area contributed by atoms with Crippen molar-refractivity contribution in [1.29, 1.82) is 0 Å². The van der Waals surface area contributed by atoms with Gasteiger partial charge < -0.3 is 15.0 Å². The lowest BCUT2D eigenvalue weighted by Gasteiger charge is -2.22. The molecule has 0 aliphatic heterocycles. The summed E-state index contributed by atoms with van der Waals surface area (Å²) in [6.07, 6.45) is 8.63. The molecule has 5 nitrogen and oxygen atoms in total. The first kappa shape index (κ1) is 12.4. The van der Waals surface area contributed by atoms with Crippen molar-refractivity contribution in [2.75, 3.05) is 5.32 Å². The maximum absolute atomic E-state index is 10.2. The molecule has 0 aromatic carbocycles. The molecule has 2 aromatic rings. The van der Waals surface area contributed by atoms with Gasteiger partial charge in [-0.15, -0.1) is 0 Å². The molecule has 1 aliphatic carbocycles. The summed E-state index contributed by atoms with van der Waals surface area (Å²) in [4.78, 5) is 8.77. The number of fused-ring (bicyclic) bond motifs is 1. The summed E-state index contributed by atoms with van der Waals surface area (Å²) in [6, 6.07) is 2.04. The van der Waals surface area contributed by atoms with Crippen LogP contribution in [0.4, 0.5) is 5.82 Å². The van der Waals surface area contributed by atoms with E-state index in [0.29, 0.717) is 0 Å². The Kier molecular flexibility index (Phi) is 3.38. The average Bonchev–Trinajstić information content (AvgIpc) is 2.67. The zero-order chi connectivity index (χ0) is 13.2. The van der Waals surface area contributed by atoms with Gasteiger partial charge in [0.25, 0.3) is 0 Å². The molecule has 2 N–H and O–H groups in total. The van der Waals surface area contributed by atoms with Crippen molar-refractivity contribution < 1.29 is 5.11 Å². The third kappa shape index (κ3) is 2.42. The molecular weight excluding hydrogens is 240 g/mol. The van der Waals surface area contributed by atoms with E-state index in [-0.39, 0.29) is 12.1 Å². The van der Waals surface area contributed by atoms with Gasteiger partial charge >= 0.3 is 0 Å². The third-order valence-corrected chi connectivity index (χ3v) is 3.94. The van der Waals surface area contributed by atoms with Crippen LogP contribution < -0.4 is 5.32 Å². The van der Waals surface area contributed by atoms with Gasteiger partial charge in [-0.3, -0.25) is 0 Å². The van der Waals surface area contributed by atoms with Crippen LogP contribution in [0, 0.1) is 0 Å². The van der Waals surface area contributed by atoms with Gasteiger partial charge in [0.1, 0.15) is 5.52 Å². The average molecular weight is 260 g/mol. The van der Waals surface area contributed by atoms with Gasteiger partial charge in [-0.1, -0.05) is 19.3 Å². The van der Waals surface area contributed by atoms with Crippen LogP contribution in [0.25, 0.3) is 11.0 Å². The Morgan fingerprint density at radius 2 is 2.11 bits per heavy atom. The number of imidazole rings is 1. The highest BCUT2D eigenvalue weighted by Crippen LogP contribution is 2.24. The first-order valence-electron chi connectivity index (χ1n) is 6.96. The third-order valence-electron chi connectivity index (χ3n) is 3.94. The van der Waals surface area contributed by atoms with E-state index >= 15 is 0 Å². The minimum absolute atomic E-state index is 0.0857. The summed E-state index contributed by atoms with van der Waals surface area (Å²) in [5, 5.41) is 13.6. The van der Waals surface area contributed by atoms with Gasteiger partial charge in [-0.05, 0) is 18.9 Å². The fraction of sp³-hybridized carbons (Fsp3) is 0.571.